The van der Waals surface area contributed by atoms with Crippen molar-refractivity contribution in [3.8, 4) is 0 Å². The van der Waals surface area contributed by atoms with Crippen LogP contribution in [0.25, 0.3) is 0 Å². The van der Waals surface area contributed by atoms with Gasteiger partial charge in [0.1, 0.15) is 13.2 Å². The van der Waals surface area contributed by atoms with Crippen LogP contribution in [0.15, 0.2) is 48.6 Å². The molecule has 9 heteroatoms. The largest absolute Gasteiger partial charge is 0.477 e. The number of unbranched alkanes of at least 4 members (excludes halogenated alkanes) is 40. The standard InChI is InChI=1S/C70H129NO8/c1-6-8-10-12-14-16-18-20-22-24-26-28-30-32-33-34-35-37-38-40-42-44-46-48-50-52-54-56-58-60-67(72)77-64-66(65-78-70(69(74)75)76-63-62-71(3,4)5)79-68(73)61-59-57-55-53-51-49-47-45-43-41-39-36-31-29-27-25-23-21-19-17-15-13-11-9-7-2/h9,11,15,17,21,23,27,29,66,70H,6-8,10,12-14,16,18-20,22,24-26,28,30-65H2,1-5H3/p+1/b11-9-,17-15-,23-21-,29-27-. The van der Waals surface area contributed by atoms with Crippen LogP contribution in [0.4, 0.5) is 0 Å². The Balaban J connectivity index is 4.10. The lowest BCUT2D eigenvalue weighted by atomic mass is 10.0. The minimum absolute atomic E-state index is 0.179. The van der Waals surface area contributed by atoms with E-state index >= 15 is 0 Å². The molecular weight excluding hydrogens is 983 g/mol. The molecule has 0 fully saturated rings. The number of aliphatic carboxylic acids is 1. The number of ether oxygens (including phenoxy) is 4. The van der Waals surface area contributed by atoms with Crippen LogP contribution in [0.5, 0.6) is 0 Å². The van der Waals surface area contributed by atoms with Gasteiger partial charge in [-0.3, -0.25) is 9.59 Å². The number of quaternary nitrogens is 1. The van der Waals surface area contributed by atoms with Crippen molar-refractivity contribution in [2.24, 2.45) is 0 Å². The molecule has 0 aliphatic heterocycles. The van der Waals surface area contributed by atoms with Crippen molar-refractivity contribution in [3.63, 3.8) is 0 Å². The Kier molecular flexibility index (Phi) is 59.2. The molecule has 0 bridgehead atoms. The first-order valence-corrected chi connectivity index (χ1v) is 33.8. The highest BCUT2D eigenvalue weighted by Gasteiger charge is 2.25. The van der Waals surface area contributed by atoms with E-state index in [1.807, 2.05) is 21.1 Å². The second-order valence-electron chi connectivity index (χ2n) is 24.1. The molecule has 2 unspecified atom stereocenters. The zero-order valence-corrected chi connectivity index (χ0v) is 52.8. The molecule has 0 aromatic carbocycles. The van der Waals surface area contributed by atoms with Crippen molar-refractivity contribution in [2.45, 2.75) is 334 Å². The SMILES string of the molecule is CC/C=C\C/C=C\C/C=C\C/C=C\CCCCCCCCCCCCCCC(=O)OC(COC(=O)CCCCCCCCCCCCCCCCCCCCCCCCCCCCCCC)COC(OCC[N+](C)(C)C)C(=O)O. The third-order valence-electron chi connectivity index (χ3n) is 15.1. The van der Waals surface area contributed by atoms with Crippen molar-refractivity contribution in [1.82, 2.24) is 0 Å². The number of allylic oxidation sites excluding steroid dienone is 8. The molecule has 0 saturated heterocycles. The van der Waals surface area contributed by atoms with E-state index in [1.54, 1.807) is 0 Å². The van der Waals surface area contributed by atoms with Crippen molar-refractivity contribution in [1.29, 1.82) is 0 Å². The summed E-state index contributed by atoms with van der Waals surface area (Å²) in [6, 6.07) is 0. The van der Waals surface area contributed by atoms with Gasteiger partial charge in [0.25, 0.3) is 6.29 Å². The van der Waals surface area contributed by atoms with E-state index in [0.29, 0.717) is 17.4 Å². The average Bonchev–Trinajstić information content (AvgIpc) is 3.42. The molecule has 2 atom stereocenters. The number of carboxylic acids is 1. The van der Waals surface area contributed by atoms with Gasteiger partial charge in [-0.25, -0.2) is 4.79 Å². The average molecular weight is 1110 g/mol. The van der Waals surface area contributed by atoms with Crippen LogP contribution in [-0.2, 0) is 33.3 Å². The summed E-state index contributed by atoms with van der Waals surface area (Å²) in [4.78, 5) is 37.6. The Labute approximate surface area is 489 Å². The molecule has 0 radical (unpaired) electrons. The predicted octanol–water partition coefficient (Wildman–Crippen LogP) is 20.6. The highest BCUT2D eigenvalue weighted by molar-refractivity contribution is 5.71. The number of hydrogen-bond acceptors (Lipinski definition) is 7. The second-order valence-corrected chi connectivity index (χ2v) is 24.1. The smallest absolute Gasteiger partial charge is 0.361 e. The monoisotopic (exact) mass is 1110 g/mol. The molecule has 462 valence electrons. The molecule has 0 aliphatic carbocycles. The number of rotatable bonds is 63. The van der Waals surface area contributed by atoms with Crippen molar-refractivity contribution >= 4 is 17.9 Å². The van der Waals surface area contributed by atoms with E-state index in [1.165, 1.54) is 231 Å². The van der Waals surface area contributed by atoms with E-state index in [0.717, 1.165) is 64.2 Å². The number of carbonyl (C=O) groups is 3. The van der Waals surface area contributed by atoms with Crippen LogP contribution in [0.1, 0.15) is 322 Å². The van der Waals surface area contributed by atoms with Crippen LogP contribution in [0.2, 0.25) is 0 Å². The first-order chi connectivity index (χ1) is 38.6. The Morgan fingerprint density at radius 3 is 1.08 bits per heavy atom. The Morgan fingerprint density at radius 2 is 0.722 bits per heavy atom. The fraction of sp³-hybridized carbons (Fsp3) is 0.843. The van der Waals surface area contributed by atoms with Crippen LogP contribution < -0.4 is 0 Å². The van der Waals surface area contributed by atoms with Crippen LogP contribution >= 0.6 is 0 Å². The lowest BCUT2D eigenvalue weighted by Gasteiger charge is -2.25. The highest BCUT2D eigenvalue weighted by Crippen LogP contribution is 2.18. The highest BCUT2D eigenvalue weighted by atomic mass is 16.7. The molecule has 0 spiro atoms. The van der Waals surface area contributed by atoms with Gasteiger partial charge in [-0.05, 0) is 51.4 Å². The zero-order valence-electron chi connectivity index (χ0n) is 52.8. The third-order valence-corrected chi connectivity index (χ3v) is 15.1. The number of likely N-dealkylation sites (N-methyl/N-ethyl adjacent to an activating group) is 1. The van der Waals surface area contributed by atoms with E-state index in [4.69, 9.17) is 18.9 Å². The van der Waals surface area contributed by atoms with E-state index in [-0.39, 0.29) is 32.2 Å². The van der Waals surface area contributed by atoms with E-state index in [9.17, 15) is 19.5 Å². The first kappa shape index (κ1) is 76.2. The Morgan fingerprint density at radius 1 is 0.392 bits per heavy atom. The van der Waals surface area contributed by atoms with E-state index in [2.05, 4.69) is 62.5 Å². The maximum absolute atomic E-state index is 12.9. The topological polar surface area (TPSA) is 108 Å². The molecule has 79 heavy (non-hydrogen) atoms. The molecule has 0 amide bonds. The van der Waals surface area contributed by atoms with E-state index < -0.39 is 24.3 Å². The summed E-state index contributed by atoms with van der Waals surface area (Å²) in [5, 5.41) is 9.74. The van der Waals surface area contributed by atoms with Gasteiger partial charge in [-0.2, -0.15) is 0 Å². The summed E-state index contributed by atoms with van der Waals surface area (Å²) in [5.74, 6) is -1.99. The van der Waals surface area contributed by atoms with Gasteiger partial charge in [0.05, 0.1) is 34.4 Å². The van der Waals surface area contributed by atoms with Gasteiger partial charge in [0.2, 0.25) is 0 Å². The maximum Gasteiger partial charge on any atom is 0.361 e. The molecule has 0 saturated carbocycles. The molecule has 0 rings (SSSR count). The van der Waals surface area contributed by atoms with Crippen molar-refractivity contribution in [2.75, 3.05) is 47.5 Å². The van der Waals surface area contributed by atoms with Crippen molar-refractivity contribution in [3.05, 3.63) is 48.6 Å². The summed E-state index contributed by atoms with van der Waals surface area (Å²) in [7, 11) is 5.98. The number of carboxylic acid groups (broad SMARTS) is 1. The summed E-state index contributed by atoms with van der Waals surface area (Å²) >= 11 is 0. The number of esters is 2. The van der Waals surface area contributed by atoms with Crippen LogP contribution in [-0.4, -0.2) is 87.4 Å². The van der Waals surface area contributed by atoms with Crippen molar-refractivity contribution < 1.29 is 42.9 Å². The molecular formula is C70H130NO8+. The fourth-order valence-electron chi connectivity index (χ4n) is 9.95. The molecule has 0 heterocycles. The third kappa shape index (κ3) is 62.7. The van der Waals surface area contributed by atoms with Gasteiger partial charge >= 0.3 is 17.9 Å². The second kappa shape index (κ2) is 61.3. The normalized spacial score (nSPS) is 13.0. The molecule has 0 aromatic heterocycles. The van der Waals surface area contributed by atoms with Gasteiger partial charge in [0.15, 0.2) is 6.10 Å². The fourth-order valence-corrected chi connectivity index (χ4v) is 9.95. The summed E-state index contributed by atoms with van der Waals surface area (Å²) < 4.78 is 23.0. The first-order valence-electron chi connectivity index (χ1n) is 33.8. The maximum atomic E-state index is 12.9. The number of hydrogen-bond donors (Lipinski definition) is 1. The van der Waals surface area contributed by atoms with Crippen LogP contribution in [0.3, 0.4) is 0 Å². The van der Waals surface area contributed by atoms with Gasteiger partial charge in [-0.15, -0.1) is 0 Å². The summed E-state index contributed by atoms with van der Waals surface area (Å²) in [6.45, 7) is 4.82. The minimum Gasteiger partial charge on any atom is -0.477 e. The number of nitrogens with zero attached hydrogens (tertiary/aromatic N) is 1. The van der Waals surface area contributed by atoms with Crippen LogP contribution in [0, 0.1) is 0 Å². The number of carbonyl (C=O) groups excluding carboxylic acids is 2. The lowest BCUT2D eigenvalue weighted by Crippen LogP contribution is -2.40. The molecule has 0 aliphatic rings. The zero-order chi connectivity index (χ0) is 57.6. The molecule has 0 aromatic rings. The Bertz CT molecular complexity index is 1430. The van der Waals surface area contributed by atoms with Gasteiger partial charge < -0.3 is 28.5 Å². The quantitative estimate of drug-likeness (QED) is 0.0211. The predicted molar refractivity (Wildman–Crippen MR) is 337 cm³/mol. The Hall–Kier alpha value is -2.75. The summed E-state index contributed by atoms with van der Waals surface area (Å²) in [6.07, 6.45) is 75.1. The molecule has 1 N–H and O–H groups in total. The summed E-state index contributed by atoms with van der Waals surface area (Å²) in [5.41, 5.74) is 0. The minimum atomic E-state index is -1.51. The van der Waals surface area contributed by atoms with Gasteiger partial charge in [-0.1, -0.05) is 306 Å². The van der Waals surface area contributed by atoms with Gasteiger partial charge in [0, 0.05) is 12.8 Å². The molecule has 9 nitrogen and oxygen atoms in total. The lowest BCUT2D eigenvalue weighted by molar-refractivity contribution is -0.870.